The van der Waals surface area contributed by atoms with Crippen LogP contribution in [0.5, 0.6) is 5.75 Å². The van der Waals surface area contributed by atoms with Gasteiger partial charge in [-0.05, 0) is 49.9 Å². The predicted molar refractivity (Wildman–Crippen MR) is 111 cm³/mol. The van der Waals surface area contributed by atoms with Crippen molar-refractivity contribution in [1.82, 2.24) is 4.31 Å². The van der Waals surface area contributed by atoms with Crippen LogP contribution in [0, 0.1) is 19.8 Å². The molecule has 160 valence electrons. The smallest absolute Gasteiger partial charge is 0.339 e. The minimum Gasteiger partial charge on any atom is -0.465 e. The van der Waals surface area contributed by atoms with Crippen molar-refractivity contribution >= 4 is 22.0 Å². The van der Waals surface area contributed by atoms with Crippen molar-refractivity contribution in [2.75, 3.05) is 20.2 Å². The molecular formula is C22H25NO6S. The van der Waals surface area contributed by atoms with E-state index < -0.39 is 16.0 Å². The predicted octanol–water partition coefficient (Wildman–Crippen LogP) is 3.10. The molecule has 0 radical (unpaired) electrons. The molecule has 0 bridgehead atoms. The molecule has 8 heteroatoms. The second-order valence-corrected chi connectivity index (χ2v) is 9.21. The molecule has 2 aromatic rings. The summed E-state index contributed by atoms with van der Waals surface area (Å²) >= 11 is 0. The van der Waals surface area contributed by atoms with Crippen LogP contribution in [0.4, 0.5) is 0 Å². The molecule has 0 aliphatic carbocycles. The Hall–Kier alpha value is -2.71. The van der Waals surface area contributed by atoms with Crippen molar-refractivity contribution in [2.45, 2.75) is 31.6 Å². The molecule has 7 nitrogen and oxygen atoms in total. The number of hydrogen-bond donors (Lipinski definition) is 0. The number of benzene rings is 2. The van der Waals surface area contributed by atoms with Crippen LogP contribution in [0.25, 0.3) is 0 Å². The van der Waals surface area contributed by atoms with Gasteiger partial charge in [0, 0.05) is 13.1 Å². The van der Waals surface area contributed by atoms with Gasteiger partial charge in [-0.15, -0.1) is 0 Å². The van der Waals surface area contributed by atoms with Gasteiger partial charge in [0.15, 0.2) is 0 Å². The maximum absolute atomic E-state index is 13.1. The maximum atomic E-state index is 13.1. The van der Waals surface area contributed by atoms with E-state index in [1.807, 2.05) is 32.0 Å². The highest BCUT2D eigenvalue weighted by atomic mass is 32.2. The van der Waals surface area contributed by atoms with E-state index in [2.05, 4.69) is 0 Å². The van der Waals surface area contributed by atoms with Gasteiger partial charge < -0.3 is 9.47 Å². The Bertz CT molecular complexity index is 1030. The van der Waals surface area contributed by atoms with Crippen LogP contribution >= 0.6 is 0 Å². The van der Waals surface area contributed by atoms with Crippen LogP contribution in [0.15, 0.2) is 47.4 Å². The van der Waals surface area contributed by atoms with Gasteiger partial charge in [-0.1, -0.05) is 30.3 Å². The first-order valence-electron chi connectivity index (χ1n) is 9.71. The number of para-hydroxylation sites is 1. The number of methoxy groups -OCH3 is 1. The highest BCUT2D eigenvalue weighted by Crippen LogP contribution is 2.29. The first-order valence-corrected chi connectivity index (χ1v) is 11.1. The molecule has 1 saturated heterocycles. The molecule has 0 atom stereocenters. The molecule has 1 aliphatic rings. The summed E-state index contributed by atoms with van der Waals surface area (Å²) in [6.45, 7) is 4.10. The van der Waals surface area contributed by atoms with E-state index in [9.17, 15) is 18.0 Å². The van der Waals surface area contributed by atoms with E-state index in [0.717, 1.165) is 11.1 Å². The fourth-order valence-corrected chi connectivity index (χ4v) is 5.23. The number of nitrogens with zero attached hydrogens (tertiary/aromatic N) is 1. The average molecular weight is 432 g/mol. The molecule has 0 unspecified atom stereocenters. The molecule has 0 amide bonds. The van der Waals surface area contributed by atoms with Crippen LogP contribution < -0.4 is 4.74 Å². The lowest BCUT2D eigenvalue weighted by molar-refractivity contribution is -0.140. The zero-order valence-corrected chi connectivity index (χ0v) is 18.1. The minimum absolute atomic E-state index is 0.00318. The summed E-state index contributed by atoms with van der Waals surface area (Å²) in [5, 5.41) is 0. The van der Waals surface area contributed by atoms with Gasteiger partial charge in [-0.2, -0.15) is 4.31 Å². The Kier molecular flexibility index (Phi) is 6.58. The molecular weight excluding hydrogens is 406 g/mol. The van der Waals surface area contributed by atoms with Gasteiger partial charge in [0.1, 0.15) is 5.75 Å². The van der Waals surface area contributed by atoms with Gasteiger partial charge in [0.25, 0.3) is 0 Å². The van der Waals surface area contributed by atoms with Crippen LogP contribution in [0.2, 0.25) is 0 Å². The number of piperidine rings is 1. The third-order valence-corrected chi connectivity index (χ3v) is 7.27. The summed E-state index contributed by atoms with van der Waals surface area (Å²) in [5.41, 5.74) is 1.75. The third kappa shape index (κ3) is 4.39. The van der Waals surface area contributed by atoms with Crippen LogP contribution in [-0.4, -0.2) is 44.9 Å². The molecule has 0 aromatic heterocycles. The average Bonchev–Trinajstić information content (AvgIpc) is 2.75. The monoisotopic (exact) mass is 431 g/mol. The molecule has 1 aliphatic heterocycles. The van der Waals surface area contributed by atoms with Crippen molar-refractivity contribution in [1.29, 1.82) is 0 Å². The minimum atomic E-state index is -3.89. The van der Waals surface area contributed by atoms with Crippen molar-refractivity contribution in [3.05, 3.63) is 59.2 Å². The Morgan fingerprint density at radius 1 is 0.967 bits per heavy atom. The zero-order chi connectivity index (χ0) is 21.9. The Morgan fingerprint density at radius 3 is 2.17 bits per heavy atom. The fourth-order valence-electron chi connectivity index (χ4n) is 3.59. The second-order valence-electron chi connectivity index (χ2n) is 7.31. The molecule has 3 rings (SSSR count). The van der Waals surface area contributed by atoms with Crippen molar-refractivity contribution in [3.8, 4) is 5.75 Å². The lowest BCUT2D eigenvalue weighted by Crippen LogP contribution is -2.41. The first kappa shape index (κ1) is 22.0. The van der Waals surface area contributed by atoms with E-state index >= 15 is 0 Å². The Balaban J connectivity index is 1.71. The highest BCUT2D eigenvalue weighted by Gasteiger charge is 2.35. The standard InChI is InChI=1S/C22H25NO6S/c1-15-7-6-8-16(2)20(15)29-21(24)17-11-13-23(14-12-17)30(26,27)19-10-5-4-9-18(19)22(25)28-3/h4-10,17H,11-14H2,1-3H3. The molecule has 2 aromatic carbocycles. The van der Waals surface area contributed by atoms with Gasteiger partial charge in [0.05, 0.1) is 23.5 Å². The number of carbonyl (C=O) groups is 2. The lowest BCUT2D eigenvalue weighted by Gasteiger charge is -2.30. The molecule has 0 spiro atoms. The molecule has 0 saturated carbocycles. The maximum Gasteiger partial charge on any atom is 0.339 e. The summed E-state index contributed by atoms with van der Waals surface area (Å²) in [6.07, 6.45) is 0.701. The summed E-state index contributed by atoms with van der Waals surface area (Å²) < 4.78 is 37.8. The molecule has 1 heterocycles. The van der Waals surface area contributed by atoms with E-state index in [1.165, 1.54) is 23.5 Å². The number of rotatable bonds is 5. The molecule has 1 fully saturated rings. The molecule has 30 heavy (non-hydrogen) atoms. The number of sulfonamides is 1. The molecule has 0 N–H and O–H groups in total. The quantitative estimate of drug-likeness (QED) is 0.534. The largest absolute Gasteiger partial charge is 0.465 e. The zero-order valence-electron chi connectivity index (χ0n) is 17.3. The second kappa shape index (κ2) is 8.97. The fraction of sp³-hybridized carbons (Fsp3) is 0.364. The van der Waals surface area contributed by atoms with Gasteiger partial charge >= 0.3 is 11.9 Å². The van der Waals surface area contributed by atoms with Crippen LogP contribution in [-0.2, 0) is 19.6 Å². The number of hydrogen-bond acceptors (Lipinski definition) is 6. The summed E-state index contributed by atoms with van der Waals surface area (Å²) in [5.74, 6) is -0.878. The van der Waals surface area contributed by atoms with Crippen LogP contribution in [0.3, 0.4) is 0 Å². The van der Waals surface area contributed by atoms with Gasteiger partial charge in [0.2, 0.25) is 10.0 Å². The first-order chi connectivity index (χ1) is 14.3. The van der Waals surface area contributed by atoms with Gasteiger partial charge in [-0.3, -0.25) is 4.79 Å². The van der Waals surface area contributed by atoms with Crippen molar-refractivity contribution in [2.24, 2.45) is 5.92 Å². The van der Waals surface area contributed by atoms with Crippen molar-refractivity contribution < 1.29 is 27.5 Å². The Morgan fingerprint density at radius 2 is 1.57 bits per heavy atom. The van der Waals surface area contributed by atoms with E-state index in [0.29, 0.717) is 18.6 Å². The van der Waals surface area contributed by atoms with E-state index in [4.69, 9.17) is 9.47 Å². The number of esters is 2. The summed E-state index contributed by atoms with van der Waals surface area (Å²) in [4.78, 5) is 24.5. The van der Waals surface area contributed by atoms with Crippen LogP contribution in [0.1, 0.15) is 34.3 Å². The number of aryl methyl sites for hydroxylation is 2. The van der Waals surface area contributed by atoms with E-state index in [-0.39, 0.29) is 35.4 Å². The summed E-state index contributed by atoms with van der Waals surface area (Å²) in [6, 6.07) is 11.6. The number of carbonyl (C=O) groups excluding carboxylic acids is 2. The van der Waals surface area contributed by atoms with E-state index in [1.54, 1.807) is 12.1 Å². The summed E-state index contributed by atoms with van der Waals surface area (Å²) in [7, 11) is -2.68. The SMILES string of the molecule is COC(=O)c1ccccc1S(=O)(=O)N1CCC(C(=O)Oc2c(C)cccc2C)CC1. The topological polar surface area (TPSA) is 90.0 Å². The third-order valence-electron chi connectivity index (χ3n) is 5.31. The Labute approximate surface area is 176 Å². The van der Waals surface area contributed by atoms with Crippen molar-refractivity contribution in [3.63, 3.8) is 0 Å². The number of ether oxygens (including phenoxy) is 2. The normalized spacial score (nSPS) is 15.6. The van der Waals surface area contributed by atoms with Gasteiger partial charge in [-0.25, -0.2) is 13.2 Å². The lowest BCUT2D eigenvalue weighted by atomic mass is 9.98. The highest BCUT2D eigenvalue weighted by molar-refractivity contribution is 7.89.